The number of nitrogens with zero attached hydrogens (tertiary/aromatic N) is 2. The molecule has 2 aromatic rings. The standard InChI is InChI=1S/C15H19BrN2O/c1-4-7-18-14(13(16)9-17-18)15(19)12-6-5-10(2)8-11(12)3/h5-6,8-9,15,19H,4,7H2,1-3H3. The van der Waals surface area contributed by atoms with Crippen molar-refractivity contribution in [3.8, 4) is 0 Å². The molecule has 4 heteroatoms. The highest BCUT2D eigenvalue weighted by molar-refractivity contribution is 9.10. The maximum absolute atomic E-state index is 10.6. The Kier molecular flexibility index (Phi) is 4.42. The second-order valence-electron chi connectivity index (χ2n) is 4.86. The Morgan fingerprint density at radius 3 is 2.74 bits per heavy atom. The highest BCUT2D eigenvalue weighted by Gasteiger charge is 2.20. The molecule has 0 saturated carbocycles. The SMILES string of the molecule is CCCn1ncc(Br)c1C(O)c1ccc(C)cc1C. The molecule has 3 nitrogen and oxygen atoms in total. The number of hydrogen-bond acceptors (Lipinski definition) is 2. The van der Waals surface area contributed by atoms with Crippen molar-refractivity contribution in [3.05, 3.63) is 51.3 Å². The minimum Gasteiger partial charge on any atom is -0.382 e. The average molecular weight is 323 g/mol. The van der Waals surface area contributed by atoms with E-state index in [1.807, 2.05) is 23.7 Å². The van der Waals surface area contributed by atoms with Crippen LogP contribution in [0.3, 0.4) is 0 Å². The Bertz CT molecular complexity index is 578. The van der Waals surface area contributed by atoms with Crippen molar-refractivity contribution in [2.24, 2.45) is 0 Å². The molecule has 0 saturated heterocycles. The summed E-state index contributed by atoms with van der Waals surface area (Å²) >= 11 is 3.48. The third-order valence-corrected chi connectivity index (χ3v) is 3.86. The molecular formula is C15H19BrN2O. The number of rotatable bonds is 4. The zero-order valence-corrected chi connectivity index (χ0v) is 13.1. The molecule has 1 N–H and O–H groups in total. The molecule has 0 amide bonds. The number of aliphatic hydroxyl groups is 1. The van der Waals surface area contributed by atoms with Gasteiger partial charge in [0.15, 0.2) is 0 Å². The number of hydrogen-bond donors (Lipinski definition) is 1. The van der Waals surface area contributed by atoms with Crippen molar-refractivity contribution in [2.75, 3.05) is 0 Å². The number of aryl methyl sites for hydroxylation is 3. The minimum absolute atomic E-state index is 0.649. The fourth-order valence-corrected chi connectivity index (χ4v) is 2.83. The molecule has 1 aromatic heterocycles. The van der Waals surface area contributed by atoms with Crippen molar-refractivity contribution < 1.29 is 5.11 Å². The van der Waals surface area contributed by atoms with Gasteiger partial charge in [0, 0.05) is 6.54 Å². The summed E-state index contributed by atoms with van der Waals surface area (Å²) in [6, 6.07) is 6.11. The maximum Gasteiger partial charge on any atom is 0.122 e. The largest absolute Gasteiger partial charge is 0.382 e. The van der Waals surface area contributed by atoms with Gasteiger partial charge in [0.1, 0.15) is 6.10 Å². The van der Waals surface area contributed by atoms with Gasteiger partial charge in [0.2, 0.25) is 0 Å². The van der Waals surface area contributed by atoms with Gasteiger partial charge in [-0.15, -0.1) is 0 Å². The van der Waals surface area contributed by atoms with Gasteiger partial charge in [-0.3, -0.25) is 4.68 Å². The van der Waals surface area contributed by atoms with Gasteiger partial charge in [-0.25, -0.2) is 0 Å². The van der Waals surface area contributed by atoms with Crippen LogP contribution in [0, 0.1) is 13.8 Å². The monoisotopic (exact) mass is 322 g/mol. The Balaban J connectivity index is 2.43. The van der Waals surface area contributed by atoms with Crippen LogP contribution in [0.15, 0.2) is 28.9 Å². The fourth-order valence-electron chi connectivity index (χ4n) is 2.31. The Hall–Kier alpha value is -1.13. The molecule has 19 heavy (non-hydrogen) atoms. The van der Waals surface area contributed by atoms with E-state index in [9.17, 15) is 5.11 Å². The molecule has 102 valence electrons. The minimum atomic E-state index is -0.649. The topological polar surface area (TPSA) is 38.0 Å². The van der Waals surface area contributed by atoms with Crippen LogP contribution in [-0.4, -0.2) is 14.9 Å². The van der Waals surface area contributed by atoms with E-state index in [0.717, 1.165) is 34.3 Å². The molecule has 0 spiro atoms. The van der Waals surface area contributed by atoms with E-state index in [1.165, 1.54) is 5.56 Å². The van der Waals surface area contributed by atoms with Crippen LogP contribution >= 0.6 is 15.9 Å². The zero-order chi connectivity index (χ0) is 14.0. The molecule has 1 atom stereocenters. The van der Waals surface area contributed by atoms with Crippen molar-refractivity contribution in [1.82, 2.24) is 9.78 Å². The van der Waals surface area contributed by atoms with Crippen LogP contribution < -0.4 is 0 Å². The molecule has 1 unspecified atom stereocenters. The van der Waals surface area contributed by atoms with Crippen molar-refractivity contribution in [1.29, 1.82) is 0 Å². The Labute approximate surface area is 122 Å². The van der Waals surface area contributed by atoms with Crippen molar-refractivity contribution in [2.45, 2.75) is 39.8 Å². The van der Waals surface area contributed by atoms with Gasteiger partial charge in [-0.1, -0.05) is 30.7 Å². The van der Waals surface area contributed by atoms with Gasteiger partial charge in [-0.2, -0.15) is 5.10 Å². The molecule has 0 aliphatic heterocycles. The van der Waals surface area contributed by atoms with E-state index in [2.05, 4.69) is 40.9 Å². The van der Waals surface area contributed by atoms with E-state index in [-0.39, 0.29) is 0 Å². The van der Waals surface area contributed by atoms with Crippen LogP contribution in [0.2, 0.25) is 0 Å². The van der Waals surface area contributed by atoms with Gasteiger partial charge < -0.3 is 5.11 Å². The molecule has 1 heterocycles. The van der Waals surface area contributed by atoms with Gasteiger partial charge in [0.05, 0.1) is 16.4 Å². The summed E-state index contributed by atoms with van der Waals surface area (Å²) in [7, 11) is 0. The first kappa shape index (κ1) is 14.3. The predicted molar refractivity (Wildman–Crippen MR) is 80.2 cm³/mol. The molecule has 0 aliphatic carbocycles. The van der Waals surface area contributed by atoms with Gasteiger partial charge >= 0.3 is 0 Å². The molecule has 0 aliphatic rings. The van der Waals surface area contributed by atoms with E-state index in [1.54, 1.807) is 6.20 Å². The summed E-state index contributed by atoms with van der Waals surface area (Å²) in [6.07, 6.45) is 2.09. The third kappa shape index (κ3) is 2.90. The summed E-state index contributed by atoms with van der Waals surface area (Å²) in [5, 5.41) is 15.0. The van der Waals surface area contributed by atoms with E-state index >= 15 is 0 Å². The fraction of sp³-hybridized carbons (Fsp3) is 0.400. The molecule has 0 bridgehead atoms. The number of halogens is 1. The second kappa shape index (κ2) is 5.88. The van der Waals surface area contributed by atoms with Crippen LogP contribution in [0.25, 0.3) is 0 Å². The van der Waals surface area contributed by atoms with Crippen molar-refractivity contribution in [3.63, 3.8) is 0 Å². The first-order chi connectivity index (χ1) is 9.04. The first-order valence-corrected chi connectivity index (χ1v) is 7.30. The number of aromatic nitrogens is 2. The summed E-state index contributed by atoms with van der Waals surface area (Å²) < 4.78 is 2.72. The highest BCUT2D eigenvalue weighted by Crippen LogP contribution is 2.30. The molecule has 2 rings (SSSR count). The van der Waals surface area contributed by atoms with Crippen molar-refractivity contribution >= 4 is 15.9 Å². The Morgan fingerprint density at radius 2 is 2.11 bits per heavy atom. The van der Waals surface area contributed by atoms with E-state index in [4.69, 9.17) is 0 Å². The second-order valence-corrected chi connectivity index (χ2v) is 5.72. The summed E-state index contributed by atoms with van der Waals surface area (Å²) in [6.45, 7) is 6.99. The smallest absolute Gasteiger partial charge is 0.122 e. The van der Waals surface area contributed by atoms with Crippen LogP contribution in [0.4, 0.5) is 0 Å². The Morgan fingerprint density at radius 1 is 1.37 bits per heavy atom. The van der Waals surface area contributed by atoms with Gasteiger partial charge in [0.25, 0.3) is 0 Å². The first-order valence-electron chi connectivity index (χ1n) is 6.51. The predicted octanol–water partition coefficient (Wildman–Crippen LogP) is 3.75. The third-order valence-electron chi connectivity index (χ3n) is 3.25. The number of aliphatic hydroxyl groups excluding tert-OH is 1. The lowest BCUT2D eigenvalue weighted by molar-refractivity contribution is 0.206. The van der Waals surface area contributed by atoms with Crippen LogP contribution in [-0.2, 0) is 6.54 Å². The lowest BCUT2D eigenvalue weighted by Gasteiger charge is -2.16. The summed E-state index contributed by atoms with van der Waals surface area (Å²) in [5.41, 5.74) is 4.07. The lowest BCUT2D eigenvalue weighted by atomic mass is 9.99. The van der Waals surface area contributed by atoms with Crippen LogP contribution in [0.1, 0.15) is 41.8 Å². The normalized spacial score (nSPS) is 12.7. The molecule has 1 aromatic carbocycles. The average Bonchev–Trinajstić information content (AvgIpc) is 2.70. The number of benzene rings is 1. The summed E-state index contributed by atoms with van der Waals surface area (Å²) in [4.78, 5) is 0. The van der Waals surface area contributed by atoms with Gasteiger partial charge in [-0.05, 0) is 47.3 Å². The maximum atomic E-state index is 10.6. The quantitative estimate of drug-likeness (QED) is 0.930. The van der Waals surface area contributed by atoms with E-state index < -0.39 is 6.10 Å². The lowest BCUT2D eigenvalue weighted by Crippen LogP contribution is -2.11. The molecule has 0 fully saturated rings. The van der Waals surface area contributed by atoms with E-state index in [0.29, 0.717) is 0 Å². The molecular weight excluding hydrogens is 304 g/mol. The van der Waals surface area contributed by atoms with Crippen LogP contribution in [0.5, 0.6) is 0 Å². The molecule has 0 radical (unpaired) electrons. The summed E-state index contributed by atoms with van der Waals surface area (Å²) in [5.74, 6) is 0. The highest BCUT2D eigenvalue weighted by atomic mass is 79.9. The zero-order valence-electron chi connectivity index (χ0n) is 11.5.